The molecule has 18 heavy (non-hydrogen) atoms. The summed E-state index contributed by atoms with van der Waals surface area (Å²) >= 11 is 0. The van der Waals surface area contributed by atoms with Crippen molar-refractivity contribution >= 4 is 0 Å². The van der Waals surface area contributed by atoms with Gasteiger partial charge >= 0.3 is 0 Å². The first-order valence-corrected chi connectivity index (χ1v) is 5.59. The second-order valence-corrected chi connectivity index (χ2v) is 3.92. The Balaban J connectivity index is 2.26. The standard InChI is InChI=1S/C14H13N3O/c1-10(16)13-3-2-8-17-14(13)18-12-6-4-11(9-15)5-7-12/h2-8,10H,16H2,1H3/t10-/m1/s1. The van der Waals surface area contributed by atoms with Crippen LogP contribution in [0.4, 0.5) is 0 Å². The van der Waals surface area contributed by atoms with Gasteiger partial charge < -0.3 is 10.5 Å². The first-order chi connectivity index (χ1) is 8.70. The van der Waals surface area contributed by atoms with E-state index < -0.39 is 0 Å². The van der Waals surface area contributed by atoms with Crippen LogP contribution in [0.5, 0.6) is 11.6 Å². The summed E-state index contributed by atoms with van der Waals surface area (Å²) in [6.45, 7) is 1.88. The second-order valence-electron chi connectivity index (χ2n) is 3.92. The molecule has 2 aromatic rings. The zero-order valence-electron chi connectivity index (χ0n) is 10.00. The number of nitrogens with two attached hydrogens (primary N) is 1. The van der Waals surface area contributed by atoms with Gasteiger partial charge in [-0.25, -0.2) is 4.98 Å². The summed E-state index contributed by atoms with van der Waals surface area (Å²) in [5.74, 6) is 1.13. The smallest absolute Gasteiger partial charge is 0.223 e. The van der Waals surface area contributed by atoms with Crippen molar-refractivity contribution in [3.05, 3.63) is 53.7 Å². The number of hydrogen-bond acceptors (Lipinski definition) is 4. The van der Waals surface area contributed by atoms with Crippen molar-refractivity contribution in [1.29, 1.82) is 5.26 Å². The van der Waals surface area contributed by atoms with Crippen molar-refractivity contribution in [3.8, 4) is 17.7 Å². The molecule has 2 rings (SSSR count). The number of nitrogens with zero attached hydrogens (tertiary/aromatic N) is 2. The molecule has 90 valence electrons. The zero-order chi connectivity index (χ0) is 13.0. The lowest BCUT2D eigenvalue weighted by atomic mass is 10.1. The van der Waals surface area contributed by atoms with E-state index in [-0.39, 0.29) is 6.04 Å². The van der Waals surface area contributed by atoms with Gasteiger partial charge in [0.1, 0.15) is 5.75 Å². The first kappa shape index (κ1) is 12.1. The van der Waals surface area contributed by atoms with E-state index in [1.165, 1.54) is 0 Å². The highest BCUT2D eigenvalue weighted by molar-refractivity contribution is 5.38. The Kier molecular flexibility index (Phi) is 3.56. The highest BCUT2D eigenvalue weighted by atomic mass is 16.5. The van der Waals surface area contributed by atoms with Crippen LogP contribution in [0.3, 0.4) is 0 Å². The summed E-state index contributed by atoms with van der Waals surface area (Å²) in [6, 6.07) is 12.5. The van der Waals surface area contributed by atoms with Gasteiger partial charge in [0.05, 0.1) is 11.6 Å². The summed E-state index contributed by atoms with van der Waals surface area (Å²) in [5, 5.41) is 8.72. The van der Waals surface area contributed by atoms with Crippen LogP contribution in [0.15, 0.2) is 42.6 Å². The fourth-order valence-corrected chi connectivity index (χ4v) is 1.54. The molecule has 1 aromatic heterocycles. The minimum atomic E-state index is -0.146. The minimum Gasteiger partial charge on any atom is -0.439 e. The number of benzene rings is 1. The van der Waals surface area contributed by atoms with E-state index in [1.807, 2.05) is 19.1 Å². The Bertz CT molecular complexity index is 570. The number of nitriles is 1. The van der Waals surface area contributed by atoms with Crippen LogP contribution in [0.1, 0.15) is 24.1 Å². The third-order valence-electron chi connectivity index (χ3n) is 2.49. The molecule has 2 N–H and O–H groups in total. The largest absolute Gasteiger partial charge is 0.439 e. The van der Waals surface area contributed by atoms with Gasteiger partial charge in [-0.3, -0.25) is 0 Å². The first-order valence-electron chi connectivity index (χ1n) is 5.59. The molecular weight excluding hydrogens is 226 g/mol. The fraction of sp³-hybridized carbons (Fsp3) is 0.143. The number of rotatable bonds is 3. The molecule has 1 atom stereocenters. The van der Waals surface area contributed by atoms with Crippen molar-refractivity contribution < 1.29 is 4.74 Å². The number of ether oxygens (including phenoxy) is 1. The molecule has 1 aromatic carbocycles. The Hall–Kier alpha value is -2.38. The lowest BCUT2D eigenvalue weighted by molar-refractivity contribution is 0.452. The van der Waals surface area contributed by atoms with Gasteiger partial charge in [0.25, 0.3) is 0 Å². The normalized spacial score (nSPS) is 11.6. The van der Waals surface area contributed by atoms with E-state index >= 15 is 0 Å². The SMILES string of the molecule is C[C@@H](N)c1cccnc1Oc1ccc(C#N)cc1. The highest BCUT2D eigenvalue weighted by Gasteiger charge is 2.09. The lowest BCUT2D eigenvalue weighted by Gasteiger charge is -2.11. The van der Waals surface area contributed by atoms with E-state index in [0.717, 1.165) is 5.56 Å². The molecule has 0 bridgehead atoms. The summed E-state index contributed by atoms with van der Waals surface area (Å²) in [7, 11) is 0. The van der Waals surface area contributed by atoms with Crippen molar-refractivity contribution in [2.75, 3.05) is 0 Å². The molecule has 4 nitrogen and oxygen atoms in total. The van der Waals surface area contributed by atoms with E-state index in [2.05, 4.69) is 11.1 Å². The Morgan fingerprint density at radius 2 is 2.00 bits per heavy atom. The Labute approximate surface area is 106 Å². The molecule has 4 heteroatoms. The van der Waals surface area contributed by atoms with Gasteiger partial charge in [-0.15, -0.1) is 0 Å². The van der Waals surface area contributed by atoms with Crippen LogP contribution in [0.2, 0.25) is 0 Å². The molecule has 1 heterocycles. The quantitative estimate of drug-likeness (QED) is 0.893. The predicted octanol–water partition coefficient (Wildman–Crippen LogP) is 2.77. The van der Waals surface area contributed by atoms with Gasteiger partial charge in [-0.05, 0) is 37.3 Å². The van der Waals surface area contributed by atoms with Crippen molar-refractivity contribution in [2.45, 2.75) is 13.0 Å². The molecule has 0 unspecified atom stereocenters. The molecule has 0 saturated carbocycles. The van der Waals surface area contributed by atoms with Crippen molar-refractivity contribution in [1.82, 2.24) is 4.98 Å². The molecule has 0 spiro atoms. The maximum Gasteiger partial charge on any atom is 0.223 e. The average molecular weight is 239 g/mol. The fourth-order valence-electron chi connectivity index (χ4n) is 1.54. The van der Waals surface area contributed by atoms with Crippen LogP contribution in [-0.2, 0) is 0 Å². The van der Waals surface area contributed by atoms with Crippen LogP contribution in [0.25, 0.3) is 0 Å². The van der Waals surface area contributed by atoms with Gasteiger partial charge in [-0.2, -0.15) is 5.26 Å². The topological polar surface area (TPSA) is 71.9 Å². The predicted molar refractivity (Wildman–Crippen MR) is 68.1 cm³/mol. The van der Waals surface area contributed by atoms with E-state index in [0.29, 0.717) is 17.2 Å². The maximum absolute atomic E-state index is 8.72. The molecule has 0 fully saturated rings. The summed E-state index contributed by atoms with van der Waals surface area (Å²) in [4.78, 5) is 4.17. The second kappa shape index (κ2) is 5.30. The minimum absolute atomic E-state index is 0.146. The highest BCUT2D eigenvalue weighted by Crippen LogP contribution is 2.26. The molecule has 0 aliphatic carbocycles. The average Bonchev–Trinajstić information content (AvgIpc) is 2.40. The van der Waals surface area contributed by atoms with Gasteiger partial charge in [-0.1, -0.05) is 6.07 Å². The van der Waals surface area contributed by atoms with E-state index in [9.17, 15) is 0 Å². The maximum atomic E-state index is 8.72. The molecule has 0 aliphatic heterocycles. The summed E-state index contributed by atoms with van der Waals surface area (Å²) in [6.07, 6.45) is 1.66. The monoisotopic (exact) mass is 239 g/mol. The summed E-state index contributed by atoms with van der Waals surface area (Å²) in [5.41, 5.74) is 7.29. The van der Waals surface area contributed by atoms with Gasteiger partial charge in [0.2, 0.25) is 5.88 Å². The molecule has 0 radical (unpaired) electrons. The number of aromatic nitrogens is 1. The van der Waals surface area contributed by atoms with E-state index in [4.69, 9.17) is 15.7 Å². The van der Waals surface area contributed by atoms with Crippen LogP contribution >= 0.6 is 0 Å². The lowest BCUT2D eigenvalue weighted by Crippen LogP contribution is -2.07. The van der Waals surface area contributed by atoms with E-state index in [1.54, 1.807) is 30.5 Å². The van der Waals surface area contributed by atoms with Crippen LogP contribution in [0, 0.1) is 11.3 Å². The molecule has 0 aliphatic rings. The van der Waals surface area contributed by atoms with Gasteiger partial charge in [0.15, 0.2) is 0 Å². The summed E-state index contributed by atoms with van der Waals surface area (Å²) < 4.78 is 5.67. The Morgan fingerprint density at radius 3 is 2.61 bits per heavy atom. The van der Waals surface area contributed by atoms with Crippen molar-refractivity contribution in [2.24, 2.45) is 5.73 Å². The third kappa shape index (κ3) is 2.65. The van der Waals surface area contributed by atoms with Crippen LogP contribution in [-0.4, -0.2) is 4.98 Å². The van der Waals surface area contributed by atoms with Gasteiger partial charge in [0, 0.05) is 17.8 Å². The van der Waals surface area contributed by atoms with Crippen molar-refractivity contribution in [3.63, 3.8) is 0 Å². The molecule has 0 saturated heterocycles. The zero-order valence-corrected chi connectivity index (χ0v) is 10.00. The molecule has 0 amide bonds. The molecular formula is C14H13N3O. The third-order valence-corrected chi connectivity index (χ3v) is 2.49. The number of pyridine rings is 1. The Morgan fingerprint density at radius 1 is 1.28 bits per heavy atom. The van der Waals surface area contributed by atoms with Crippen LogP contribution < -0.4 is 10.5 Å². The number of hydrogen-bond donors (Lipinski definition) is 1.